The van der Waals surface area contributed by atoms with Gasteiger partial charge in [-0.15, -0.1) is 11.8 Å². The fraction of sp³-hybridized carbons (Fsp3) is 0.731. The van der Waals surface area contributed by atoms with Crippen molar-refractivity contribution >= 4 is 26.2 Å². The molecule has 0 aliphatic rings. The van der Waals surface area contributed by atoms with E-state index in [1.807, 2.05) is 47.6 Å². The predicted molar refractivity (Wildman–Crippen MR) is 146 cm³/mol. The Kier molecular flexibility index (Phi) is 11.9. The van der Waals surface area contributed by atoms with E-state index in [1.54, 1.807) is 18.9 Å². The fourth-order valence-electron chi connectivity index (χ4n) is 3.00. The molecule has 1 amide bonds. The summed E-state index contributed by atoms with van der Waals surface area (Å²) in [5.74, 6) is 2.03. The first-order valence-electron chi connectivity index (χ1n) is 12.3. The zero-order chi connectivity index (χ0) is 27.0. The number of benzene rings is 1. The number of hydrogen-bond donors (Lipinski definition) is 1. The van der Waals surface area contributed by atoms with Gasteiger partial charge in [0.25, 0.3) is 8.32 Å². The molecule has 7 nitrogen and oxygen atoms in total. The molecule has 0 aliphatic carbocycles. The number of carbonyl (C=O) groups excluding carboxylic acids is 1. The minimum absolute atomic E-state index is 0.0553. The van der Waals surface area contributed by atoms with Gasteiger partial charge in [0.1, 0.15) is 11.4 Å². The highest BCUT2D eigenvalue weighted by molar-refractivity contribution is 7.99. The molecule has 1 atom stereocenters. The lowest BCUT2D eigenvalue weighted by atomic mass is 10.2. The third-order valence-corrected chi connectivity index (χ3v) is 11.1. The largest absolute Gasteiger partial charge is 0.541 e. The van der Waals surface area contributed by atoms with Crippen molar-refractivity contribution in [1.82, 2.24) is 5.32 Å². The van der Waals surface area contributed by atoms with Crippen molar-refractivity contribution in [3.63, 3.8) is 0 Å². The highest BCUT2D eigenvalue weighted by Crippen LogP contribution is 2.42. The minimum Gasteiger partial charge on any atom is -0.541 e. The van der Waals surface area contributed by atoms with Crippen LogP contribution in [-0.2, 0) is 14.2 Å². The molecule has 0 aromatic heterocycles. The third kappa shape index (κ3) is 10.2. The molecule has 1 rings (SSSR count). The first-order valence-corrected chi connectivity index (χ1v) is 16.2. The van der Waals surface area contributed by atoms with Gasteiger partial charge >= 0.3 is 6.09 Å². The number of hydrogen-bond acceptors (Lipinski definition) is 7. The Hall–Kier alpha value is -1.42. The van der Waals surface area contributed by atoms with Gasteiger partial charge in [0.15, 0.2) is 12.0 Å². The van der Waals surface area contributed by atoms with Crippen molar-refractivity contribution in [2.24, 2.45) is 0 Å². The number of rotatable bonds is 12. The van der Waals surface area contributed by atoms with Crippen molar-refractivity contribution < 1.29 is 28.2 Å². The molecule has 0 unspecified atom stereocenters. The van der Waals surface area contributed by atoms with Crippen molar-refractivity contribution in [2.75, 3.05) is 26.1 Å². The van der Waals surface area contributed by atoms with Crippen LogP contribution in [0.25, 0.3) is 0 Å². The van der Waals surface area contributed by atoms with Gasteiger partial charge in [-0.05, 0) is 77.4 Å². The Bertz CT molecular complexity index is 813. The molecule has 1 aromatic rings. The maximum atomic E-state index is 12.6. The van der Waals surface area contributed by atoms with Gasteiger partial charge in [-0.2, -0.15) is 0 Å². The number of thioether (sulfide) groups is 1. The molecule has 0 bridgehead atoms. The average Bonchev–Trinajstić information content (AvgIpc) is 2.68. The van der Waals surface area contributed by atoms with Crippen molar-refractivity contribution in [3.05, 3.63) is 17.7 Å². The monoisotopic (exact) mass is 529 g/mol. The molecule has 9 heteroatoms. The SMILES string of the molecule is CCOC(OCC)[C@@H](CSc1cc(C)c(OC)c(O[Si](C)(C)C(C)(C)C)c1)NC(=O)OC(C)(C)C. The number of nitrogens with one attached hydrogen (secondary N) is 1. The summed E-state index contributed by atoms with van der Waals surface area (Å²) >= 11 is 1.60. The van der Waals surface area contributed by atoms with E-state index in [0.717, 1.165) is 22.0 Å². The summed E-state index contributed by atoms with van der Waals surface area (Å²) in [7, 11) is -0.401. The molecule has 0 radical (unpaired) electrons. The van der Waals surface area contributed by atoms with Crippen LogP contribution in [0.2, 0.25) is 18.1 Å². The summed E-state index contributed by atoms with van der Waals surface area (Å²) in [6.45, 7) is 23.3. The van der Waals surface area contributed by atoms with E-state index < -0.39 is 32.3 Å². The lowest BCUT2D eigenvalue weighted by Crippen LogP contribution is -2.49. The first-order chi connectivity index (χ1) is 16.0. The third-order valence-electron chi connectivity index (χ3n) is 5.71. The second kappa shape index (κ2) is 13.2. The van der Waals surface area contributed by atoms with Crippen molar-refractivity contribution in [3.8, 4) is 11.5 Å². The summed E-state index contributed by atoms with van der Waals surface area (Å²) in [6, 6.07) is 3.68. The number of amides is 1. The predicted octanol–water partition coefficient (Wildman–Crippen LogP) is 6.77. The highest BCUT2D eigenvalue weighted by atomic mass is 32.2. The molecule has 1 aromatic carbocycles. The summed E-state index contributed by atoms with van der Waals surface area (Å²) in [5.41, 5.74) is 0.395. The lowest BCUT2D eigenvalue weighted by molar-refractivity contribution is -0.149. The maximum Gasteiger partial charge on any atom is 0.408 e. The summed E-state index contributed by atoms with van der Waals surface area (Å²) in [4.78, 5) is 13.6. The lowest BCUT2D eigenvalue weighted by Gasteiger charge is -2.37. The summed E-state index contributed by atoms with van der Waals surface area (Å²) in [5, 5.41) is 3.00. The van der Waals surface area contributed by atoms with Crippen LogP contribution in [-0.4, -0.2) is 58.4 Å². The van der Waals surface area contributed by atoms with Gasteiger partial charge in [0.2, 0.25) is 0 Å². The molecule has 0 heterocycles. The summed E-state index contributed by atoms with van der Waals surface area (Å²) < 4.78 is 29.4. The van der Waals surface area contributed by atoms with Crippen LogP contribution < -0.4 is 14.5 Å². The smallest absolute Gasteiger partial charge is 0.408 e. The normalized spacial score (nSPS) is 13.5. The molecule has 0 aliphatic heterocycles. The van der Waals surface area contributed by atoms with E-state index in [-0.39, 0.29) is 5.04 Å². The van der Waals surface area contributed by atoms with Crippen LogP contribution in [0.5, 0.6) is 11.5 Å². The Morgan fingerprint density at radius 1 is 1.06 bits per heavy atom. The van der Waals surface area contributed by atoms with Gasteiger partial charge in [-0.3, -0.25) is 0 Å². The average molecular weight is 530 g/mol. The van der Waals surface area contributed by atoms with Gasteiger partial charge in [-0.25, -0.2) is 4.79 Å². The van der Waals surface area contributed by atoms with E-state index in [9.17, 15) is 4.79 Å². The van der Waals surface area contributed by atoms with Gasteiger partial charge in [0, 0.05) is 23.9 Å². The number of alkyl carbamates (subject to hydrolysis) is 1. The maximum absolute atomic E-state index is 12.6. The second-order valence-corrected chi connectivity index (χ2v) is 16.8. The van der Waals surface area contributed by atoms with Crippen LogP contribution in [0.1, 0.15) is 61.0 Å². The fourth-order valence-corrected chi connectivity index (χ4v) is 5.07. The summed E-state index contributed by atoms with van der Waals surface area (Å²) in [6.07, 6.45) is -1.09. The second-order valence-electron chi connectivity index (χ2n) is 11.0. The van der Waals surface area contributed by atoms with Gasteiger partial charge in [0.05, 0.1) is 13.2 Å². The molecule has 0 fully saturated rings. The quantitative estimate of drug-likeness (QED) is 0.182. The Labute approximate surface area is 218 Å². The number of aryl methyl sites for hydroxylation is 1. The molecule has 0 saturated heterocycles. The van der Waals surface area contributed by atoms with E-state index in [1.165, 1.54) is 0 Å². The molecule has 202 valence electrons. The van der Waals surface area contributed by atoms with E-state index in [4.69, 9.17) is 23.4 Å². The first kappa shape index (κ1) is 31.6. The van der Waals surface area contributed by atoms with E-state index in [0.29, 0.717) is 19.0 Å². The van der Waals surface area contributed by atoms with Crippen LogP contribution in [0, 0.1) is 6.92 Å². The standard InChI is InChI=1S/C26H47NO6SSi/c1-13-30-23(31-14-2)20(27-24(28)32-25(4,5)6)17-34-19-15-18(3)22(29-10)21(16-19)33-35(11,12)26(7,8)9/h15-16,20,23H,13-14,17H2,1-12H3,(H,27,28)/t20-/m1/s1. The van der Waals surface area contributed by atoms with Gasteiger partial charge in [-0.1, -0.05) is 20.8 Å². The van der Waals surface area contributed by atoms with Crippen LogP contribution in [0.4, 0.5) is 4.79 Å². The molecule has 1 N–H and O–H groups in total. The van der Waals surface area contributed by atoms with E-state index >= 15 is 0 Å². The minimum atomic E-state index is -2.07. The molecule has 0 spiro atoms. The van der Waals surface area contributed by atoms with E-state index in [2.05, 4.69) is 45.2 Å². The van der Waals surface area contributed by atoms with Crippen molar-refractivity contribution in [2.45, 2.75) is 103 Å². The molecular formula is C26H47NO6SSi. The van der Waals surface area contributed by atoms with Crippen LogP contribution in [0.3, 0.4) is 0 Å². The topological polar surface area (TPSA) is 75.3 Å². The van der Waals surface area contributed by atoms with Crippen LogP contribution >= 0.6 is 11.8 Å². The number of methoxy groups -OCH3 is 1. The van der Waals surface area contributed by atoms with Gasteiger partial charge < -0.3 is 28.7 Å². The Balaban J connectivity index is 3.20. The Morgan fingerprint density at radius 3 is 2.09 bits per heavy atom. The Morgan fingerprint density at radius 2 is 1.63 bits per heavy atom. The molecule has 35 heavy (non-hydrogen) atoms. The number of ether oxygens (including phenoxy) is 4. The highest BCUT2D eigenvalue weighted by Gasteiger charge is 2.39. The zero-order valence-corrected chi connectivity index (χ0v) is 25.6. The zero-order valence-electron chi connectivity index (χ0n) is 23.8. The molecular weight excluding hydrogens is 482 g/mol. The van der Waals surface area contributed by atoms with Crippen molar-refractivity contribution in [1.29, 1.82) is 0 Å². The van der Waals surface area contributed by atoms with Crippen LogP contribution in [0.15, 0.2) is 17.0 Å². The number of carbonyl (C=O) groups is 1. The molecule has 0 saturated carbocycles.